The average Bonchev–Trinajstić information content (AvgIpc) is 2.85. The van der Waals surface area contributed by atoms with Crippen LogP contribution in [0, 0.1) is 0 Å². The predicted octanol–water partition coefficient (Wildman–Crippen LogP) is 4.55. The molecule has 1 aliphatic heterocycles. The van der Waals surface area contributed by atoms with Crippen LogP contribution in [-0.4, -0.2) is 42.9 Å². The molecule has 3 aromatic rings. The van der Waals surface area contributed by atoms with E-state index in [0.717, 1.165) is 18.7 Å². The Hall–Kier alpha value is -3.31. The average molecular weight is 448 g/mol. The van der Waals surface area contributed by atoms with Gasteiger partial charge in [0.15, 0.2) is 0 Å². The lowest BCUT2D eigenvalue weighted by atomic mass is 10.0. The molecule has 2 amide bonds. The van der Waals surface area contributed by atoms with Crippen molar-refractivity contribution < 1.29 is 9.59 Å². The van der Waals surface area contributed by atoms with Gasteiger partial charge in [0.1, 0.15) is 0 Å². The minimum atomic E-state index is -0.431. The Morgan fingerprint density at radius 2 is 1.41 bits per heavy atom. The van der Waals surface area contributed by atoms with Gasteiger partial charge in [0.25, 0.3) is 5.91 Å². The van der Waals surface area contributed by atoms with Gasteiger partial charge in [-0.25, -0.2) is 0 Å². The van der Waals surface area contributed by atoms with Crippen LogP contribution in [-0.2, 0) is 4.79 Å². The molecule has 0 bridgehead atoms. The summed E-state index contributed by atoms with van der Waals surface area (Å²) in [6, 6.07) is 26.3. The Morgan fingerprint density at radius 1 is 0.812 bits per heavy atom. The highest BCUT2D eigenvalue weighted by atomic mass is 35.5. The molecule has 0 aromatic heterocycles. The number of anilines is 1. The van der Waals surface area contributed by atoms with Gasteiger partial charge in [0.2, 0.25) is 5.91 Å². The largest absolute Gasteiger partial charge is 0.368 e. The van der Waals surface area contributed by atoms with Crippen LogP contribution in [0.1, 0.15) is 28.4 Å². The van der Waals surface area contributed by atoms with Gasteiger partial charge in [-0.3, -0.25) is 9.59 Å². The van der Waals surface area contributed by atoms with Gasteiger partial charge >= 0.3 is 0 Å². The van der Waals surface area contributed by atoms with E-state index in [1.165, 1.54) is 5.69 Å². The summed E-state index contributed by atoms with van der Waals surface area (Å²) in [5.74, 6) is -0.253. The summed E-state index contributed by atoms with van der Waals surface area (Å²) in [6.07, 6.45) is 0.200. The van der Waals surface area contributed by atoms with Gasteiger partial charge in [0.05, 0.1) is 23.0 Å². The molecular formula is C26H26ClN3O2. The van der Waals surface area contributed by atoms with Crippen LogP contribution in [0.5, 0.6) is 0 Å². The van der Waals surface area contributed by atoms with Crippen molar-refractivity contribution in [1.29, 1.82) is 0 Å². The van der Waals surface area contributed by atoms with Crippen molar-refractivity contribution in [2.24, 2.45) is 0 Å². The highest BCUT2D eigenvalue weighted by molar-refractivity contribution is 6.33. The van der Waals surface area contributed by atoms with Crippen LogP contribution in [0.2, 0.25) is 5.02 Å². The third-order valence-corrected chi connectivity index (χ3v) is 6.09. The molecule has 4 rings (SSSR count). The lowest BCUT2D eigenvalue weighted by molar-refractivity contribution is -0.132. The Labute approximate surface area is 193 Å². The molecule has 1 aliphatic rings. The van der Waals surface area contributed by atoms with Crippen LogP contribution in [0.3, 0.4) is 0 Å². The third-order valence-electron chi connectivity index (χ3n) is 5.76. The number of para-hydroxylation sites is 1. The number of carbonyl (C=O) groups excluding carboxylic acids is 2. The molecule has 32 heavy (non-hydrogen) atoms. The summed E-state index contributed by atoms with van der Waals surface area (Å²) in [5, 5.41) is 3.40. The van der Waals surface area contributed by atoms with Gasteiger partial charge in [-0.1, -0.05) is 72.3 Å². The van der Waals surface area contributed by atoms with Crippen LogP contribution in [0.4, 0.5) is 5.69 Å². The molecular weight excluding hydrogens is 422 g/mol. The van der Waals surface area contributed by atoms with E-state index in [4.69, 9.17) is 11.6 Å². The maximum Gasteiger partial charge on any atom is 0.253 e. The van der Waals surface area contributed by atoms with E-state index in [2.05, 4.69) is 22.3 Å². The van der Waals surface area contributed by atoms with Gasteiger partial charge in [-0.2, -0.15) is 0 Å². The highest BCUT2D eigenvalue weighted by Gasteiger charge is 2.26. The molecule has 0 saturated carbocycles. The second-order valence-corrected chi connectivity index (χ2v) is 8.23. The summed E-state index contributed by atoms with van der Waals surface area (Å²) in [7, 11) is 0. The molecule has 164 valence electrons. The number of benzene rings is 3. The lowest BCUT2D eigenvalue weighted by Gasteiger charge is -2.36. The first-order chi connectivity index (χ1) is 15.6. The second-order valence-electron chi connectivity index (χ2n) is 7.82. The minimum absolute atomic E-state index is 0.0334. The van der Waals surface area contributed by atoms with E-state index >= 15 is 0 Å². The summed E-state index contributed by atoms with van der Waals surface area (Å²) >= 11 is 6.20. The second kappa shape index (κ2) is 10.3. The first-order valence-electron chi connectivity index (χ1n) is 10.8. The van der Waals surface area contributed by atoms with Gasteiger partial charge in [-0.05, 0) is 29.8 Å². The van der Waals surface area contributed by atoms with Crippen LogP contribution in [0.15, 0.2) is 84.9 Å². The first-order valence-corrected chi connectivity index (χ1v) is 11.2. The number of nitrogens with one attached hydrogen (secondary N) is 1. The zero-order chi connectivity index (χ0) is 22.3. The fraction of sp³-hybridized carbons (Fsp3) is 0.231. The fourth-order valence-electron chi connectivity index (χ4n) is 3.98. The number of halogens is 1. The Kier molecular flexibility index (Phi) is 7.07. The smallest absolute Gasteiger partial charge is 0.253 e. The van der Waals surface area contributed by atoms with Crippen molar-refractivity contribution >= 4 is 29.1 Å². The Bertz CT molecular complexity index is 1050. The van der Waals surface area contributed by atoms with Gasteiger partial charge in [0, 0.05) is 31.9 Å². The number of nitrogens with zero attached hydrogens (tertiary/aromatic N) is 2. The van der Waals surface area contributed by atoms with Crippen molar-refractivity contribution in [1.82, 2.24) is 10.2 Å². The predicted molar refractivity (Wildman–Crippen MR) is 128 cm³/mol. The van der Waals surface area contributed by atoms with Crippen molar-refractivity contribution in [3.8, 4) is 0 Å². The van der Waals surface area contributed by atoms with Crippen molar-refractivity contribution in [2.75, 3.05) is 31.1 Å². The van der Waals surface area contributed by atoms with E-state index in [0.29, 0.717) is 23.7 Å². The van der Waals surface area contributed by atoms with Crippen molar-refractivity contribution in [3.05, 3.63) is 101 Å². The number of hydrogen-bond acceptors (Lipinski definition) is 3. The number of amides is 2. The minimum Gasteiger partial charge on any atom is -0.368 e. The normalized spacial score (nSPS) is 14.7. The number of rotatable bonds is 6. The zero-order valence-electron chi connectivity index (χ0n) is 17.8. The van der Waals surface area contributed by atoms with E-state index in [-0.39, 0.29) is 18.2 Å². The summed E-state index contributed by atoms with van der Waals surface area (Å²) in [5.41, 5.74) is 2.47. The molecule has 0 unspecified atom stereocenters. The monoisotopic (exact) mass is 447 g/mol. The maximum absolute atomic E-state index is 13.1. The summed E-state index contributed by atoms with van der Waals surface area (Å²) < 4.78 is 0. The van der Waals surface area contributed by atoms with Crippen LogP contribution < -0.4 is 10.2 Å². The number of piperazine rings is 1. The van der Waals surface area contributed by atoms with Crippen LogP contribution >= 0.6 is 11.6 Å². The van der Waals surface area contributed by atoms with Crippen molar-refractivity contribution in [2.45, 2.75) is 12.5 Å². The highest BCUT2D eigenvalue weighted by Crippen LogP contribution is 2.22. The molecule has 3 aromatic carbocycles. The fourth-order valence-corrected chi connectivity index (χ4v) is 4.20. The molecule has 1 saturated heterocycles. The van der Waals surface area contributed by atoms with E-state index < -0.39 is 6.04 Å². The molecule has 1 atom stereocenters. The molecule has 5 nitrogen and oxygen atoms in total. The van der Waals surface area contributed by atoms with E-state index in [9.17, 15) is 9.59 Å². The maximum atomic E-state index is 13.1. The zero-order valence-corrected chi connectivity index (χ0v) is 18.5. The van der Waals surface area contributed by atoms with E-state index in [1.807, 2.05) is 53.4 Å². The molecule has 6 heteroatoms. The molecule has 0 radical (unpaired) electrons. The standard InChI is InChI=1S/C26H26ClN3O2/c27-23-14-8-7-13-22(23)26(32)28-24(20-9-3-1-4-10-20)19-25(31)30-17-15-29(16-18-30)21-11-5-2-6-12-21/h1-14,24H,15-19H2,(H,28,32)/t24-/m0/s1. The van der Waals surface area contributed by atoms with E-state index in [1.54, 1.807) is 24.3 Å². The quantitative estimate of drug-likeness (QED) is 0.603. The number of hydrogen-bond donors (Lipinski definition) is 1. The molecule has 1 N–H and O–H groups in total. The Balaban J connectivity index is 1.43. The molecule has 1 heterocycles. The van der Waals surface area contributed by atoms with Gasteiger partial charge in [-0.15, -0.1) is 0 Å². The molecule has 0 aliphatic carbocycles. The summed E-state index contributed by atoms with van der Waals surface area (Å²) in [4.78, 5) is 30.2. The first kappa shape index (κ1) is 21.9. The number of carbonyl (C=O) groups is 2. The topological polar surface area (TPSA) is 52.7 Å². The van der Waals surface area contributed by atoms with Gasteiger partial charge < -0.3 is 15.1 Å². The SMILES string of the molecule is O=C(N[C@@H](CC(=O)N1CCN(c2ccccc2)CC1)c1ccccc1)c1ccccc1Cl. The van der Waals surface area contributed by atoms with Crippen LogP contribution in [0.25, 0.3) is 0 Å². The summed E-state index contributed by atoms with van der Waals surface area (Å²) in [6.45, 7) is 2.90. The third kappa shape index (κ3) is 5.29. The molecule has 1 fully saturated rings. The molecule has 0 spiro atoms. The Morgan fingerprint density at radius 3 is 2.06 bits per heavy atom. The van der Waals surface area contributed by atoms with Crippen molar-refractivity contribution in [3.63, 3.8) is 0 Å². The lowest BCUT2D eigenvalue weighted by Crippen LogP contribution is -2.49.